The quantitative estimate of drug-likeness (QED) is 0.111. The maximum atomic E-state index is 13.4. The Hall–Kier alpha value is -4.93. The molecule has 4 aromatic rings. The molecule has 0 spiro atoms. The van der Waals surface area contributed by atoms with E-state index in [4.69, 9.17) is 17.3 Å². The number of nitrogens with zero attached hydrogens (tertiary/aromatic N) is 4. The fraction of sp³-hybridized carbons (Fsp3) is 0.314. The first kappa shape index (κ1) is 35.4. The van der Waals surface area contributed by atoms with Gasteiger partial charge in [0, 0.05) is 41.8 Å². The Morgan fingerprint density at radius 3 is 2.49 bits per heavy atom. The number of nitrogens with two attached hydrogens (primary N) is 1. The number of halogens is 5. The summed E-state index contributed by atoms with van der Waals surface area (Å²) in [6.45, 7) is 8.20. The average Bonchev–Trinajstić information content (AvgIpc) is 3.35. The molecule has 49 heavy (non-hydrogen) atoms. The zero-order valence-electron chi connectivity index (χ0n) is 27.1. The average molecular weight is 696 g/mol. The van der Waals surface area contributed by atoms with E-state index in [2.05, 4.69) is 38.6 Å². The maximum Gasteiger partial charge on any atom is 0.408 e. The molecule has 2 amide bonds. The number of aryl methyl sites for hydroxylation is 2. The molecule has 4 heterocycles. The first-order valence-electron chi connectivity index (χ1n) is 15.5. The predicted octanol–water partition coefficient (Wildman–Crippen LogP) is 6.79. The van der Waals surface area contributed by atoms with Crippen molar-refractivity contribution in [3.8, 4) is 34.2 Å². The summed E-state index contributed by atoms with van der Waals surface area (Å²) in [5.74, 6) is 3.50. The van der Waals surface area contributed by atoms with Crippen molar-refractivity contribution in [2.24, 2.45) is 7.05 Å². The summed E-state index contributed by atoms with van der Waals surface area (Å²) < 4.78 is 54.7. The monoisotopic (exact) mass is 695 g/mol. The van der Waals surface area contributed by atoms with Crippen LogP contribution in [0.3, 0.4) is 0 Å². The van der Waals surface area contributed by atoms with E-state index in [1.165, 1.54) is 18.7 Å². The molecule has 1 aromatic carbocycles. The van der Waals surface area contributed by atoms with E-state index in [0.29, 0.717) is 56.6 Å². The Morgan fingerprint density at radius 2 is 1.86 bits per heavy atom. The number of amides is 2. The maximum absolute atomic E-state index is 13.4. The molecular weight excluding hydrogens is 662 g/mol. The molecular formula is C35H34ClF4N7O2. The molecule has 0 aliphatic carbocycles. The van der Waals surface area contributed by atoms with Crippen molar-refractivity contribution in [2.75, 3.05) is 30.7 Å². The molecule has 1 saturated heterocycles. The van der Waals surface area contributed by atoms with Crippen LogP contribution in [0.1, 0.15) is 47.8 Å². The third-order valence-electron chi connectivity index (χ3n) is 8.38. The number of alkyl halides is 3. The van der Waals surface area contributed by atoms with E-state index in [9.17, 15) is 27.2 Å². The highest BCUT2D eigenvalue weighted by Gasteiger charge is 2.37. The molecule has 0 bridgehead atoms. The molecule has 0 radical (unpaired) electrons. The summed E-state index contributed by atoms with van der Waals surface area (Å²) in [4.78, 5) is 35.6. The van der Waals surface area contributed by atoms with Gasteiger partial charge in [0.1, 0.15) is 17.6 Å². The van der Waals surface area contributed by atoms with E-state index >= 15 is 0 Å². The molecule has 14 heteroatoms. The SMILES string of the molecule is C=C(F)C(=O)Nc1ccc(-c2c(-c3cnc(C(=O)N[C@@H](C)C(F)(F)F)c(Cl)c3)c3c(N)ncc(C#CCN4CCCCC4)c3n2C)c(C)c1. The van der Waals surface area contributed by atoms with E-state index in [1.807, 2.05) is 16.9 Å². The van der Waals surface area contributed by atoms with Gasteiger partial charge >= 0.3 is 6.18 Å². The number of fused-ring (bicyclic) bond motifs is 1. The molecule has 3 aromatic heterocycles. The summed E-state index contributed by atoms with van der Waals surface area (Å²) in [5.41, 5.74) is 10.7. The number of hydrogen-bond donors (Lipinski definition) is 3. The second-order valence-electron chi connectivity index (χ2n) is 11.9. The number of hydrogen-bond acceptors (Lipinski definition) is 6. The Kier molecular flexibility index (Phi) is 10.3. The van der Waals surface area contributed by atoms with Gasteiger partial charge in [-0.15, -0.1) is 0 Å². The van der Waals surface area contributed by atoms with Crippen molar-refractivity contribution in [1.29, 1.82) is 0 Å². The van der Waals surface area contributed by atoms with E-state index < -0.39 is 29.9 Å². The number of nitrogens with one attached hydrogen (secondary N) is 2. The molecule has 1 atom stereocenters. The number of piperidine rings is 1. The Bertz CT molecular complexity index is 2020. The highest BCUT2D eigenvalue weighted by molar-refractivity contribution is 6.34. The minimum absolute atomic E-state index is 0.174. The Labute approximate surface area is 285 Å². The molecule has 5 rings (SSSR count). The molecule has 4 N–H and O–H groups in total. The number of carbonyl (C=O) groups is 2. The first-order valence-corrected chi connectivity index (χ1v) is 15.8. The number of aromatic nitrogens is 3. The number of pyridine rings is 2. The third kappa shape index (κ3) is 7.55. The summed E-state index contributed by atoms with van der Waals surface area (Å²) in [5, 5.41) is 4.67. The lowest BCUT2D eigenvalue weighted by atomic mass is 9.96. The lowest BCUT2D eigenvalue weighted by Gasteiger charge is -2.23. The van der Waals surface area contributed by atoms with Gasteiger partial charge in [-0.3, -0.25) is 14.5 Å². The van der Waals surface area contributed by atoms with E-state index in [0.717, 1.165) is 32.9 Å². The zero-order valence-corrected chi connectivity index (χ0v) is 27.8. The summed E-state index contributed by atoms with van der Waals surface area (Å²) in [6, 6.07) is 4.32. The highest BCUT2D eigenvalue weighted by Crippen LogP contribution is 2.45. The minimum atomic E-state index is -4.66. The number of likely N-dealkylation sites (tertiary alicyclic amines) is 1. The molecule has 1 aliphatic heterocycles. The molecule has 1 fully saturated rings. The van der Waals surface area contributed by atoms with Crippen LogP contribution in [0, 0.1) is 18.8 Å². The van der Waals surface area contributed by atoms with Crippen LogP contribution in [0.25, 0.3) is 33.3 Å². The van der Waals surface area contributed by atoms with Crippen LogP contribution < -0.4 is 16.4 Å². The van der Waals surface area contributed by atoms with Crippen molar-refractivity contribution in [3.05, 3.63) is 70.9 Å². The van der Waals surface area contributed by atoms with Crippen LogP contribution in [0.5, 0.6) is 0 Å². The second kappa shape index (κ2) is 14.3. The number of rotatable bonds is 7. The number of anilines is 2. The van der Waals surface area contributed by atoms with Gasteiger partial charge in [0.2, 0.25) is 0 Å². The number of carbonyl (C=O) groups excluding carboxylic acids is 2. The van der Waals surface area contributed by atoms with E-state index in [1.54, 1.807) is 31.3 Å². The van der Waals surface area contributed by atoms with Gasteiger partial charge in [-0.25, -0.2) is 14.4 Å². The van der Waals surface area contributed by atoms with Crippen molar-refractivity contribution in [1.82, 2.24) is 24.8 Å². The lowest BCUT2D eigenvalue weighted by Crippen LogP contribution is -2.43. The summed E-state index contributed by atoms with van der Waals surface area (Å²) in [7, 11) is 1.83. The smallest absolute Gasteiger partial charge is 0.383 e. The molecule has 256 valence electrons. The van der Waals surface area contributed by atoms with Crippen LogP contribution in [0.15, 0.2) is 49.1 Å². The van der Waals surface area contributed by atoms with Gasteiger partial charge in [0.25, 0.3) is 11.8 Å². The molecule has 9 nitrogen and oxygen atoms in total. The molecule has 1 aliphatic rings. The van der Waals surface area contributed by atoms with Gasteiger partial charge in [0.05, 0.1) is 33.7 Å². The fourth-order valence-corrected chi connectivity index (χ4v) is 6.11. The van der Waals surface area contributed by atoms with Crippen molar-refractivity contribution in [3.63, 3.8) is 0 Å². The minimum Gasteiger partial charge on any atom is -0.383 e. The lowest BCUT2D eigenvalue weighted by molar-refractivity contribution is -0.149. The first-order chi connectivity index (χ1) is 23.2. The van der Waals surface area contributed by atoms with Gasteiger partial charge in [-0.2, -0.15) is 13.2 Å². The Balaban J connectivity index is 1.68. The van der Waals surface area contributed by atoms with Crippen molar-refractivity contribution in [2.45, 2.75) is 45.3 Å². The van der Waals surface area contributed by atoms with Crippen molar-refractivity contribution < 1.29 is 27.2 Å². The number of benzene rings is 1. The second-order valence-corrected chi connectivity index (χ2v) is 12.3. The fourth-order valence-electron chi connectivity index (χ4n) is 5.86. The van der Waals surface area contributed by atoms with Crippen LogP contribution in [0.4, 0.5) is 29.1 Å². The van der Waals surface area contributed by atoms with Crippen LogP contribution >= 0.6 is 11.6 Å². The summed E-state index contributed by atoms with van der Waals surface area (Å²) >= 11 is 6.50. The third-order valence-corrected chi connectivity index (χ3v) is 8.67. The van der Waals surface area contributed by atoms with Crippen LogP contribution in [-0.2, 0) is 11.8 Å². The van der Waals surface area contributed by atoms with E-state index in [-0.39, 0.29) is 16.5 Å². The van der Waals surface area contributed by atoms with Gasteiger partial charge in [0.15, 0.2) is 5.83 Å². The van der Waals surface area contributed by atoms with Gasteiger partial charge in [-0.05, 0) is 63.5 Å². The van der Waals surface area contributed by atoms with Crippen molar-refractivity contribution >= 4 is 45.8 Å². The van der Waals surface area contributed by atoms with Gasteiger partial charge in [-0.1, -0.05) is 42.5 Å². The normalized spacial score (nSPS) is 14.2. The predicted molar refractivity (Wildman–Crippen MR) is 183 cm³/mol. The number of nitrogen functional groups attached to an aromatic ring is 1. The largest absolute Gasteiger partial charge is 0.408 e. The van der Waals surface area contributed by atoms with Crippen LogP contribution in [-0.4, -0.2) is 63.1 Å². The zero-order chi connectivity index (χ0) is 35.6. The highest BCUT2D eigenvalue weighted by atomic mass is 35.5. The summed E-state index contributed by atoms with van der Waals surface area (Å²) in [6.07, 6.45) is 1.74. The van der Waals surface area contributed by atoms with Gasteiger partial charge < -0.3 is 20.9 Å². The van der Waals surface area contributed by atoms with Crippen LogP contribution in [0.2, 0.25) is 5.02 Å². The topological polar surface area (TPSA) is 118 Å². The molecule has 0 unspecified atom stereocenters. The standard InChI is InChI=1S/C35H34ClF4N7O2/c1-19-15-24(45-33(48)20(2)37)10-11-25(19)31-27(23-16-26(36)29(42-18-23)34(49)44-21(3)35(38,39)40)28-30(46(31)4)22(17-43-32(28)41)9-8-14-47-12-6-5-7-13-47/h10-11,15-18,21H,2,5-7,12-14H2,1,3-4H3,(H2,41,43)(H,44,49)(H,45,48)/t21-/m0/s1. The molecule has 0 saturated carbocycles. The Morgan fingerprint density at radius 1 is 1.14 bits per heavy atom.